The predicted octanol–water partition coefficient (Wildman–Crippen LogP) is 5.09. The van der Waals surface area contributed by atoms with Crippen LogP contribution in [0.4, 0.5) is 0 Å². The molecule has 0 heteroatoms. The molecule has 0 aliphatic carbocycles. The third kappa shape index (κ3) is 4.48. The number of unbranched alkanes of at least 4 members (excludes halogenated alkanes) is 1. The maximum absolute atomic E-state index is 2.43. The maximum Gasteiger partial charge on any atom is -0.0269 e. The van der Waals surface area contributed by atoms with E-state index in [1.807, 2.05) is 0 Å². The first-order valence-corrected chi connectivity index (χ1v) is 6.34. The largest absolute Gasteiger partial charge is 0.0654 e. The van der Waals surface area contributed by atoms with Crippen molar-refractivity contribution in [1.29, 1.82) is 0 Å². The van der Waals surface area contributed by atoms with Crippen molar-refractivity contribution in [2.24, 2.45) is 17.8 Å². The Bertz CT molecular complexity index is 126. The molecular formula is C14H29. The van der Waals surface area contributed by atoms with E-state index in [1.165, 1.54) is 25.7 Å². The zero-order valence-corrected chi connectivity index (χ0v) is 11.1. The first kappa shape index (κ1) is 14.0. The molecule has 0 amide bonds. The standard InChI is InChI=1S/C14H29/c1-7-9-10-14(11(3)4)13(6)12(5)8-2/h12-14H,7-10H2,1-6H3. The second kappa shape index (κ2) is 7.31. The number of hydrogen-bond donors (Lipinski definition) is 0. The Balaban J connectivity index is 4.17. The van der Waals surface area contributed by atoms with Gasteiger partial charge in [-0.1, -0.05) is 60.8 Å². The molecule has 0 aromatic heterocycles. The summed E-state index contributed by atoms with van der Waals surface area (Å²) in [6.45, 7) is 14.0. The highest BCUT2D eigenvalue weighted by atomic mass is 14.3. The monoisotopic (exact) mass is 197 g/mol. The van der Waals surface area contributed by atoms with Crippen LogP contribution in [0.1, 0.15) is 67.2 Å². The molecule has 14 heavy (non-hydrogen) atoms. The zero-order valence-electron chi connectivity index (χ0n) is 11.1. The molecule has 85 valence electrons. The van der Waals surface area contributed by atoms with E-state index in [0.717, 1.165) is 17.8 Å². The minimum absolute atomic E-state index is 0.852. The lowest BCUT2D eigenvalue weighted by molar-refractivity contribution is 0.249. The van der Waals surface area contributed by atoms with Crippen LogP contribution in [0.15, 0.2) is 0 Å². The molecule has 1 radical (unpaired) electrons. The molecule has 3 atom stereocenters. The average molecular weight is 197 g/mol. The smallest absolute Gasteiger partial charge is 0.0269 e. The van der Waals surface area contributed by atoms with Gasteiger partial charge in [0.2, 0.25) is 0 Å². The van der Waals surface area contributed by atoms with E-state index < -0.39 is 0 Å². The van der Waals surface area contributed by atoms with Crippen molar-refractivity contribution in [3.8, 4) is 0 Å². The van der Waals surface area contributed by atoms with Gasteiger partial charge in [0.25, 0.3) is 0 Å². The van der Waals surface area contributed by atoms with E-state index in [2.05, 4.69) is 41.5 Å². The van der Waals surface area contributed by atoms with Crippen LogP contribution in [-0.4, -0.2) is 0 Å². The molecule has 3 unspecified atom stereocenters. The first-order valence-electron chi connectivity index (χ1n) is 6.34. The lowest BCUT2D eigenvalue weighted by atomic mass is 9.74. The Morgan fingerprint density at radius 1 is 1.07 bits per heavy atom. The SMILES string of the molecule is CCCCC([C](C)C)C(C)C(C)CC. The second-order valence-electron chi connectivity index (χ2n) is 5.07. The third-order valence-corrected chi connectivity index (χ3v) is 3.79. The van der Waals surface area contributed by atoms with E-state index in [1.54, 1.807) is 5.92 Å². The van der Waals surface area contributed by atoms with Gasteiger partial charge in [0, 0.05) is 0 Å². The topological polar surface area (TPSA) is 0 Å². The van der Waals surface area contributed by atoms with Crippen molar-refractivity contribution < 1.29 is 0 Å². The summed E-state index contributed by atoms with van der Waals surface area (Å²) in [5, 5.41) is 0. The fourth-order valence-electron chi connectivity index (χ4n) is 2.27. The molecule has 0 aromatic carbocycles. The maximum atomic E-state index is 2.43. The molecule has 0 bridgehead atoms. The normalized spacial score (nSPS) is 18.2. The van der Waals surface area contributed by atoms with Crippen LogP contribution in [0.2, 0.25) is 0 Å². The lowest BCUT2D eigenvalue weighted by Gasteiger charge is -2.31. The Hall–Kier alpha value is 0. The van der Waals surface area contributed by atoms with Crippen LogP contribution in [0.3, 0.4) is 0 Å². The van der Waals surface area contributed by atoms with Gasteiger partial charge in [-0.2, -0.15) is 0 Å². The fraction of sp³-hybridized carbons (Fsp3) is 0.929. The molecule has 0 spiro atoms. The van der Waals surface area contributed by atoms with E-state index in [4.69, 9.17) is 0 Å². The van der Waals surface area contributed by atoms with Gasteiger partial charge in [0.05, 0.1) is 0 Å². The lowest BCUT2D eigenvalue weighted by Crippen LogP contribution is -2.22. The average Bonchev–Trinajstić information content (AvgIpc) is 2.16. The van der Waals surface area contributed by atoms with Crippen molar-refractivity contribution in [2.75, 3.05) is 0 Å². The summed E-state index contributed by atoms with van der Waals surface area (Å²) in [5.41, 5.74) is 0. The van der Waals surface area contributed by atoms with Crippen LogP contribution in [0.5, 0.6) is 0 Å². The van der Waals surface area contributed by atoms with Gasteiger partial charge in [-0.25, -0.2) is 0 Å². The van der Waals surface area contributed by atoms with Crippen LogP contribution >= 0.6 is 0 Å². The van der Waals surface area contributed by atoms with Gasteiger partial charge in [0.1, 0.15) is 0 Å². The minimum Gasteiger partial charge on any atom is -0.0654 e. The Labute approximate surface area is 91.5 Å². The zero-order chi connectivity index (χ0) is 11.1. The third-order valence-electron chi connectivity index (χ3n) is 3.79. The summed E-state index contributed by atoms with van der Waals surface area (Å²) in [4.78, 5) is 0. The van der Waals surface area contributed by atoms with Gasteiger partial charge in [0.15, 0.2) is 0 Å². The van der Waals surface area contributed by atoms with E-state index in [9.17, 15) is 0 Å². The highest BCUT2D eigenvalue weighted by molar-refractivity contribution is 4.91. The summed E-state index contributed by atoms with van der Waals surface area (Å²) in [6, 6.07) is 0. The van der Waals surface area contributed by atoms with E-state index in [-0.39, 0.29) is 0 Å². The molecule has 0 rings (SSSR count). The quantitative estimate of drug-likeness (QED) is 0.533. The van der Waals surface area contributed by atoms with Gasteiger partial charge in [-0.3, -0.25) is 0 Å². The first-order chi connectivity index (χ1) is 6.54. The van der Waals surface area contributed by atoms with Crippen LogP contribution in [0, 0.1) is 23.7 Å². The van der Waals surface area contributed by atoms with Crippen molar-refractivity contribution >= 4 is 0 Å². The molecule has 0 aliphatic rings. The Morgan fingerprint density at radius 3 is 2.00 bits per heavy atom. The van der Waals surface area contributed by atoms with Crippen molar-refractivity contribution in [2.45, 2.75) is 67.2 Å². The summed E-state index contributed by atoms with van der Waals surface area (Å²) >= 11 is 0. The summed E-state index contributed by atoms with van der Waals surface area (Å²) in [5.74, 6) is 4.21. The highest BCUT2D eigenvalue weighted by Gasteiger charge is 2.23. The molecule has 0 aromatic rings. The van der Waals surface area contributed by atoms with Gasteiger partial charge in [-0.15, -0.1) is 0 Å². The second-order valence-corrected chi connectivity index (χ2v) is 5.07. The molecule has 0 saturated heterocycles. The van der Waals surface area contributed by atoms with Crippen LogP contribution in [0.25, 0.3) is 0 Å². The molecular weight excluding hydrogens is 168 g/mol. The number of rotatable bonds is 7. The van der Waals surface area contributed by atoms with Crippen LogP contribution < -0.4 is 0 Å². The van der Waals surface area contributed by atoms with Gasteiger partial charge in [-0.05, 0) is 30.1 Å². The molecule has 0 heterocycles. The van der Waals surface area contributed by atoms with Gasteiger partial charge >= 0.3 is 0 Å². The summed E-state index contributed by atoms with van der Waals surface area (Å²) in [7, 11) is 0. The fourth-order valence-corrected chi connectivity index (χ4v) is 2.27. The van der Waals surface area contributed by atoms with Gasteiger partial charge < -0.3 is 0 Å². The molecule has 0 fully saturated rings. The van der Waals surface area contributed by atoms with E-state index >= 15 is 0 Å². The Kier molecular flexibility index (Phi) is 7.31. The Morgan fingerprint density at radius 2 is 1.64 bits per heavy atom. The minimum atomic E-state index is 0.852. The van der Waals surface area contributed by atoms with Crippen molar-refractivity contribution in [1.82, 2.24) is 0 Å². The van der Waals surface area contributed by atoms with Crippen LogP contribution in [-0.2, 0) is 0 Å². The molecule has 0 saturated carbocycles. The summed E-state index contributed by atoms with van der Waals surface area (Å²) < 4.78 is 0. The van der Waals surface area contributed by atoms with Crippen molar-refractivity contribution in [3.05, 3.63) is 5.92 Å². The molecule has 0 aliphatic heterocycles. The highest BCUT2D eigenvalue weighted by Crippen LogP contribution is 2.33. The van der Waals surface area contributed by atoms with Crippen molar-refractivity contribution in [3.63, 3.8) is 0 Å². The number of hydrogen-bond acceptors (Lipinski definition) is 0. The van der Waals surface area contributed by atoms with E-state index in [0.29, 0.717) is 0 Å². The summed E-state index contributed by atoms with van der Waals surface area (Å²) in [6.07, 6.45) is 5.43. The molecule has 0 N–H and O–H groups in total. The molecule has 0 nitrogen and oxygen atoms in total. The predicted molar refractivity (Wildman–Crippen MR) is 66.2 cm³/mol.